The second-order valence-corrected chi connectivity index (χ2v) is 18.5. The van der Waals surface area contributed by atoms with E-state index in [2.05, 4.69) is 130 Å². The molecule has 0 amide bonds. The van der Waals surface area contributed by atoms with E-state index in [9.17, 15) is 9.59 Å². The van der Waals surface area contributed by atoms with E-state index >= 15 is 0 Å². The van der Waals surface area contributed by atoms with Crippen LogP contribution in [0.5, 0.6) is 0 Å². The number of rotatable bonds is 51. The van der Waals surface area contributed by atoms with Crippen molar-refractivity contribution in [2.75, 3.05) is 19.8 Å². The molecule has 0 saturated heterocycles. The van der Waals surface area contributed by atoms with Crippen LogP contribution in [0.25, 0.3) is 0 Å². The monoisotopic (exact) mass is 943 g/mol. The van der Waals surface area contributed by atoms with E-state index in [4.69, 9.17) is 14.2 Å². The van der Waals surface area contributed by atoms with Gasteiger partial charge in [0.15, 0.2) is 6.10 Å². The molecule has 0 bridgehead atoms. The summed E-state index contributed by atoms with van der Waals surface area (Å²) < 4.78 is 17.4. The van der Waals surface area contributed by atoms with Gasteiger partial charge in [-0.1, -0.05) is 246 Å². The lowest BCUT2D eigenvalue weighted by atomic mass is 10.0. The lowest BCUT2D eigenvalue weighted by Crippen LogP contribution is -2.30. The molecule has 0 radical (unpaired) electrons. The van der Waals surface area contributed by atoms with Crippen LogP contribution in [-0.4, -0.2) is 37.9 Å². The SMILES string of the molecule is CC/C=C\C/C=C\C/C=C\C/C=C\C/C=C\CCCCCC(=O)OC[C@@H](COCCCCCCCCCCCCCCCCCC)OC(=O)CCC/C=C\C/C=C\C/C=C\C/C=C\CCCCC. The zero-order chi connectivity index (χ0) is 49.2. The Hall–Kier alpha value is -3.44. The molecule has 0 aliphatic carbocycles. The molecule has 68 heavy (non-hydrogen) atoms. The first-order valence-corrected chi connectivity index (χ1v) is 28.4. The summed E-state index contributed by atoms with van der Waals surface area (Å²) in [5.74, 6) is -0.498. The molecule has 0 N–H and O–H groups in total. The van der Waals surface area contributed by atoms with E-state index in [1.54, 1.807) is 0 Å². The van der Waals surface area contributed by atoms with Crippen molar-refractivity contribution in [3.8, 4) is 0 Å². The molecule has 1 atom stereocenters. The quantitative estimate of drug-likeness (QED) is 0.0345. The number of hydrogen-bond acceptors (Lipinski definition) is 5. The van der Waals surface area contributed by atoms with Crippen molar-refractivity contribution in [1.82, 2.24) is 0 Å². The van der Waals surface area contributed by atoms with Gasteiger partial charge in [0.2, 0.25) is 0 Å². The normalized spacial score (nSPS) is 13.0. The van der Waals surface area contributed by atoms with Gasteiger partial charge < -0.3 is 14.2 Å². The Labute approximate surface area is 421 Å². The zero-order valence-corrected chi connectivity index (χ0v) is 44.6. The number of esters is 2. The van der Waals surface area contributed by atoms with Gasteiger partial charge in [-0.15, -0.1) is 0 Å². The van der Waals surface area contributed by atoms with Crippen LogP contribution in [0.4, 0.5) is 0 Å². The second-order valence-electron chi connectivity index (χ2n) is 18.5. The van der Waals surface area contributed by atoms with Gasteiger partial charge in [0.1, 0.15) is 6.61 Å². The van der Waals surface area contributed by atoms with Crippen LogP contribution >= 0.6 is 0 Å². The summed E-state index contributed by atoms with van der Waals surface area (Å²) in [4.78, 5) is 25.5. The predicted octanol–water partition coefficient (Wildman–Crippen LogP) is 19.6. The Morgan fingerprint density at radius 2 is 0.676 bits per heavy atom. The molecule has 0 unspecified atom stereocenters. The average Bonchev–Trinajstić information content (AvgIpc) is 3.34. The molecule has 0 aromatic rings. The highest BCUT2D eigenvalue weighted by Gasteiger charge is 2.17. The molecule has 5 heteroatoms. The molecule has 0 aliphatic rings. The number of allylic oxidation sites excluding steroid dienone is 18. The predicted molar refractivity (Wildman–Crippen MR) is 297 cm³/mol. The van der Waals surface area contributed by atoms with Gasteiger partial charge in [-0.3, -0.25) is 9.59 Å². The fourth-order valence-electron chi connectivity index (χ4n) is 7.59. The maximum atomic E-state index is 12.8. The van der Waals surface area contributed by atoms with Gasteiger partial charge in [0.05, 0.1) is 6.61 Å². The number of carbonyl (C=O) groups excluding carboxylic acids is 2. The Morgan fingerprint density at radius 1 is 0.338 bits per heavy atom. The van der Waals surface area contributed by atoms with Crippen LogP contribution in [0.15, 0.2) is 109 Å². The summed E-state index contributed by atoms with van der Waals surface area (Å²) in [5.41, 5.74) is 0. The third kappa shape index (κ3) is 55.2. The van der Waals surface area contributed by atoms with Crippen LogP contribution in [-0.2, 0) is 23.8 Å². The molecule has 0 aliphatic heterocycles. The molecule has 5 nitrogen and oxygen atoms in total. The highest BCUT2D eigenvalue weighted by molar-refractivity contribution is 5.70. The largest absolute Gasteiger partial charge is 0.462 e. The van der Waals surface area contributed by atoms with E-state index in [0.717, 1.165) is 103 Å². The summed E-state index contributed by atoms with van der Waals surface area (Å²) >= 11 is 0. The molecule has 0 heterocycles. The highest BCUT2D eigenvalue weighted by atomic mass is 16.6. The maximum Gasteiger partial charge on any atom is 0.306 e. The van der Waals surface area contributed by atoms with E-state index in [1.165, 1.54) is 116 Å². The van der Waals surface area contributed by atoms with Gasteiger partial charge in [0.25, 0.3) is 0 Å². The third-order valence-corrected chi connectivity index (χ3v) is 11.8. The van der Waals surface area contributed by atoms with E-state index in [-0.39, 0.29) is 25.2 Å². The molecular weight excluding hydrogens is 837 g/mol. The van der Waals surface area contributed by atoms with Gasteiger partial charge in [0, 0.05) is 19.4 Å². The minimum Gasteiger partial charge on any atom is -0.462 e. The van der Waals surface area contributed by atoms with Crippen LogP contribution < -0.4 is 0 Å². The molecule has 0 fully saturated rings. The minimum atomic E-state index is -0.584. The Morgan fingerprint density at radius 3 is 1.12 bits per heavy atom. The molecule has 388 valence electrons. The third-order valence-electron chi connectivity index (χ3n) is 11.8. The first-order valence-electron chi connectivity index (χ1n) is 28.4. The van der Waals surface area contributed by atoms with Gasteiger partial charge >= 0.3 is 11.9 Å². The summed E-state index contributed by atoms with van der Waals surface area (Å²) in [6, 6.07) is 0. The number of unbranched alkanes of at least 4 members (excludes halogenated alkanes) is 22. The topological polar surface area (TPSA) is 61.8 Å². The van der Waals surface area contributed by atoms with E-state index in [1.807, 2.05) is 0 Å². The van der Waals surface area contributed by atoms with Crippen molar-refractivity contribution in [3.05, 3.63) is 109 Å². The fourth-order valence-corrected chi connectivity index (χ4v) is 7.59. The van der Waals surface area contributed by atoms with Crippen molar-refractivity contribution in [2.24, 2.45) is 0 Å². The smallest absolute Gasteiger partial charge is 0.306 e. The second kappa shape index (κ2) is 57.9. The van der Waals surface area contributed by atoms with E-state index in [0.29, 0.717) is 19.4 Å². The number of ether oxygens (including phenoxy) is 3. The zero-order valence-electron chi connectivity index (χ0n) is 44.6. The van der Waals surface area contributed by atoms with Crippen LogP contribution in [0.1, 0.15) is 252 Å². The van der Waals surface area contributed by atoms with Gasteiger partial charge in [-0.05, 0) is 103 Å². The number of carbonyl (C=O) groups is 2. The van der Waals surface area contributed by atoms with Crippen LogP contribution in [0.3, 0.4) is 0 Å². The molecule has 0 rings (SSSR count). The van der Waals surface area contributed by atoms with Crippen molar-refractivity contribution in [2.45, 2.75) is 258 Å². The van der Waals surface area contributed by atoms with E-state index < -0.39 is 6.10 Å². The summed E-state index contributed by atoms with van der Waals surface area (Å²) in [6.07, 6.45) is 79.7. The molecule has 0 spiro atoms. The highest BCUT2D eigenvalue weighted by Crippen LogP contribution is 2.14. The lowest BCUT2D eigenvalue weighted by molar-refractivity contribution is -0.162. The number of hydrogen-bond donors (Lipinski definition) is 0. The van der Waals surface area contributed by atoms with Crippen LogP contribution in [0, 0.1) is 0 Å². The fraction of sp³-hybridized carbons (Fsp3) is 0.683. The van der Waals surface area contributed by atoms with Crippen molar-refractivity contribution >= 4 is 11.9 Å². The molecule has 0 saturated carbocycles. The van der Waals surface area contributed by atoms with Gasteiger partial charge in [-0.25, -0.2) is 0 Å². The Kier molecular flexibility index (Phi) is 54.9. The van der Waals surface area contributed by atoms with Crippen molar-refractivity contribution < 1.29 is 23.8 Å². The van der Waals surface area contributed by atoms with Crippen LogP contribution in [0.2, 0.25) is 0 Å². The van der Waals surface area contributed by atoms with Crippen molar-refractivity contribution in [1.29, 1.82) is 0 Å². The summed E-state index contributed by atoms with van der Waals surface area (Å²) in [7, 11) is 0. The summed E-state index contributed by atoms with van der Waals surface area (Å²) in [5, 5.41) is 0. The Bertz CT molecular complexity index is 1340. The Balaban J connectivity index is 4.43. The lowest BCUT2D eigenvalue weighted by Gasteiger charge is -2.18. The first-order chi connectivity index (χ1) is 33.6. The molecule has 0 aromatic carbocycles. The maximum absolute atomic E-state index is 12.8. The first kappa shape index (κ1) is 64.6. The van der Waals surface area contributed by atoms with Crippen molar-refractivity contribution in [3.63, 3.8) is 0 Å². The minimum absolute atomic E-state index is 0.0424. The summed E-state index contributed by atoms with van der Waals surface area (Å²) in [6.45, 7) is 7.61. The van der Waals surface area contributed by atoms with Gasteiger partial charge in [-0.2, -0.15) is 0 Å². The standard InChI is InChI=1S/C63H106O5/c1-4-7-10-13-16-19-22-25-28-31-32-34-35-38-41-44-47-50-53-56-62(64)67-60-61(59-66-58-55-52-49-46-43-40-37-30-27-24-21-18-15-12-9-6-3)68-63(65)57-54-51-48-45-42-39-36-33-29-26-23-20-17-14-11-8-5-2/h7,10,16-17,19-20,25-26,28-29,32,34,36,38-39,41,45,48,61H,4-6,8-9,11-15,18,21-24,27,30-31,33,35,37,40,42-44,46-47,49-60H2,1-3H3/b10-7-,19-16-,20-17-,28-25-,29-26-,34-32-,39-36-,41-38-,48-45-/t61-/m1/s1. The average molecular weight is 944 g/mol. The molecule has 0 aromatic heterocycles. The molecular formula is C63H106O5.